The minimum atomic E-state index is -0.188. The summed E-state index contributed by atoms with van der Waals surface area (Å²) in [6, 6.07) is 26.2. The largest absolute Gasteiger partial charge is 0.451 e. The van der Waals surface area contributed by atoms with E-state index in [1.807, 2.05) is 36.4 Å². The number of nitrogens with zero attached hydrogens (tertiary/aromatic N) is 1. The minimum absolute atomic E-state index is 0.188. The summed E-state index contributed by atoms with van der Waals surface area (Å²) in [5, 5.41) is 4.71. The topological polar surface area (TPSA) is 45.5 Å². The molecule has 1 N–H and O–H groups in total. The van der Waals surface area contributed by atoms with Crippen molar-refractivity contribution in [1.82, 2.24) is 10.2 Å². The van der Waals surface area contributed by atoms with Gasteiger partial charge in [0.05, 0.1) is 0 Å². The van der Waals surface area contributed by atoms with Crippen molar-refractivity contribution >= 4 is 28.5 Å². The van der Waals surface area contributed by atoms with Gasteiger partial charge >= 0.3 is 0 Å². The van der Waals surface area contributed by atoms with Gasteiger partial charge in [0, 0.05) is 23.5 Å². The predicted molar refractivity (Wildman–Crippen MR) is 133 cm³/mol. The predicted octanol–water partition coefficient (Wildman–Crippen LogP) is 6.40. The molecule has 1 aliphatic rings. The fraction of sp³-hybridized carbons (Fsp3) is 0.250. The number of piperidine rings is 1. The number of para-hydroxylation sites is 1. The third kappa shape index (κ3) is 5.29. The molecule has 0 bridgehead atoms. The van der Waals surface area contributed by atoms with Crippen molar-refractivity contribution in [3.05, 3.63) is 106 Å². The van der Waals surface area contributed by atoms with Gasteiger partial charge in [0.15, 0.2) is 5.76 Å². The Labute approximate surface area is 199 Å². The summed E-state index contributed by atoms with van der Waals surface area (Å²) in [7, 11) is 0. The summed E-state index contributed by atoms with van der Waals surface area (Å²) in [5.41, 5.74) is 4.50. The van der Waals surface area contributed by atoms with Crippen LogP contribution in [0.15, 0.2) is 83.3 Å². The van der Waals surface area contributed by atoms with Gasteiger partial charge in [-0.05, 0) is 72.8 Å². The van der Waals surface area contributed by atoms with Crippen LogP contribution in [0.3, 0.4) is 0 Å². The first-order valence-electron chi connectivity index (χ1n) is 11.5. The van der Waals surface area contributed by atoms with E-state index in [1.54, 1.807) is 6.07 Å². The van der Waals surface area contributed by atoms with Crippen molar-refractivity contribution in [2.24, 2.45) is 0 Å². The number of carbonyl (C=O) groups is 1. The number of nitrogens with one attached hydrogen (secondary N) is 1. The van der Waals surface area contributed by atoms with Crippen LogP contribution in [-0.4, -0.2) is 23.9 Å². The van der Waals surface area contributed by atoms with Crippen LogP contribution in [0, 0.1) is 0 Å². The Morgan fingerprint density at radius 1 is 0.939 bits per heavy atom. The molecular weight excluding hydrogens is 432 g/mol. The maximum atomic E-state index is 12.6. The molecule has 4 aromatic rings. The molecule has 2 heterocycles. The normalized spacial score (nSPS) is 15.1. The van der Waals surface area contributed by atoms with Crippen LogP contribution >= 0.6 is 11.6 Å². The summed E-state index contributed by atoms with van der Waals surface area (Å²) in [4.78, 5) is 15.1. The van der Waals surface area contributed by atoms with Crippen LogP contribution in [0.25, 0.3) is 11.0 Å². The highest BCUT2D eigenvalue weighted by atomic mass is 35.5. The molecule has 1 fully saturated rings. The maximum Gasteiger partial charge on any atom is 0.287 e. The highest BCUT2D eigenvalue weighted by Crippen LogP contribution is 2.29. The van der Waals surface area contributed by atoms with E-state index in [2.05, 4.69) is 46.6 Å². The van der Waals surface area contributed by atoms with Crippen LogP contribution in [0.1, 0.15) is 46.0 Å². The highest BCUT2D eigenvalue weighted by Gasteiger charge is 2.21. The van der Waals surface area contributed by atoms with Gasteiger partial charge in [-0.1, -0.05) is 66.2 Å². The second-order valence-corrected chi connectivity index (χ2v) is 9.19. The molecule has 1 aromatic heterocycles. The second kappa shape index (κ2) is 9.82. The standard InChI is InChI=1S/C28H27ClN2O2/c29-25-10-8-20(9-11-25)19-31-14-12-22(13-15-31)23-6-3-4-21(16-23)18-30-28(32)27-17-24-5-1-2-7-26(24)33-27/h1-11,16-17,22H,12-15,18-19H2,(H,30,32). The van der Waals surface area contributed by atoms with E-state index in [4.69, 9.17) is 16.0 Å². The molecule has 1 saturated heterocycles. The first-order valence-corrected chi connectivity index (χ1v) is 11.8. The lowest BCUT2D eigenvalue weighted by molar-refractivity contribution is 0.0925. The van der Waals surface area contributed by atoms with E-state index in [1.165, 1.54) is 11.1 Å². The molecule has 33 heavy (non-hydrogen) atoms. The molecule has 0 saturated carbocycles. The summed E-state index contributed by atoms with van der Waals surface area (Å²) in [5.74, 6) is 0.713. The van der Waals surface area contributed by atoms with E-state index >= 15 is 0 Å². The molecule has 168 valence electrons. The number of hydrogen-bond acceptors (Lipinski definition) is 3. The number of likely N-dealkylation sites (tertiary alicyclic amines) is 1. The smallest absolute Gasteiger partial charge is 0.287 e. The van der Waals surface area contributed by atoms with Crippen LogP contribution in [0.2, 0.25) is 5.02 Å². The van der Waals surface area contributed by atoms with Crippen LogP contribution < -0.4 is 5.32 Å². The van der Waals surface area contributed by atoms with Gasteiger partial charge in [-0.15, -0.1) is 0 Å². The van der Waals surface area contributed by atoms with Gasteiger partial charge in [-0.25, -0.2) is 0 Å². The molecule has 1 amide bonds. The number of rotatable bonds is 6. The Bertz CT molecular complexity index is 1210. The molecule has 0 atom stereocenters. The Morgan fingerprint density at radius 3 is 2.52 bits per heavy atom. The molecule has 1 aliphatic heterocycles. The second-order valence-electron chi connectivity index (χ2n) is 8.75. The highest BCUT2D eigenvalue weighted by molar-refractivity contribution is 6.30. The van der Waals surface area contributed by atoms with Crippen molar-refractivity contribution < 1.29 is 9.21 Å². The van der Waals surface area contributed by atoms with E-state index in [0.717, 1.165) is 54.0 Å². The van der Waals surface area contributed by atoms with Gasteiger partial charge in [0.1, 0.15) is 5.58 Å². The fourth-order valence-electron chi connectivity index (χ4n) is 4.59. The summed E-state index contributed by atoms with van der Waals surface area (Å²) < 4.78 is 5.67. The summed E-state index contributed by atoms with van der Waals surface area (Å²) in [6.07, 6.45) is 2.28. The number of benzene rings is 3. The monoisotopic (exact) mass is 458 g/mol. The van der Waals surface area contributed by atoms with Crippen molar-refractivity contribution in [2.45, 2.75) is 31.8 Å². The molecule has 0 spiro atoms. The van der Waals surface area contributed by atoms with Gasteiger partial charge in [0.25, 0.3) is 5.91 Å². The lowest BCUT2D eigenvalue weighted by Crippen LogP contribution is -2.32. The number of furan rings is 1. The third-order valence-electron chi connectivity index (χ3n) is 6.43. The van der Waals surface area contributed by atoms with Crippen LogP contribution in [0.4, 0.5) is 0 Å². The number of hydrogen-bond donors (Lipinski definition) is 1. The quantitative estimate of drug-likeness (QED) is 0.364. The zero-order chi connectivity index (χ0) is 22.6. The molecule has 4 nitrogen and oxygen atoms in total. The number of amides is 1. The minimum Gasteiger partial charge on any atom is -0.451 e. The molecular formula is C28H27ClN2O2. The Morgan fingerprint density at radius 2 is 1.73 bits per heavy atom. The van der Waals surface area contributed by atoms with Crippen molar-refractivity contribution in [2.75, 3.05) is 13.1 Å². The molecule has 0 radical (unpaired) electrons. The lowest BCUT2D eigenvalue weighted by Gasteiger charge is -2.32. The van der Waals surface area contributed by atoms with Crippen molar-refractivity contribution in [3.63, 3.8) is 0 Å². The number of carbonyl (C=O) groups excluding carboxylic acids is 1. The van der Waals surface area contributed by atoms with Crippen LogP contribution in [-0.2, 0) is 13.1 Å². The van der Waals surface area contributed by atoms with E-state index in [-0.39, 0.29) is 5.91 Å². The molecule has 5 rings (SSSR count). The maximum absolute atomic E-state index is 12.6. The van der Waals surface area contributed by atoms with Crippen LogP contribution in [0.5, 0.6) is 0 Å². The zero-order valence-corrected chi connectivity index (χ0v) is 19.2. The Balaban J connectivity index is 1.15. The SMILES string of the molecule is O=C(NCc1cccc(C2CCN(Cc3ccc(Cl)cc3)CC2)c1)c1cc2ccccc2o1. The molecule has 0 aliphatic carbocycles. The average Bonchev–Trinajstić information content (AvgIpc) is 3.29. The van der Waals surface area contributed by atoms with Crippen molar-refractivity contribution in [3.8, 4) is 0 Å². The van der Waals surface area contributed by atoms with E-state index in [0.29, 0.717) is 18.2 Å². The fourth-order valence-corrected chi connectivity index (χ4v) is 4.72. The summed E-state index contributed by atoms with van der Waals surface area (Å²) in [6.45, 7) is 3.62. The van der Waals surface area contributed by atoms with Gasteiger partial charge < -0.3 is 9.73 Å². The number of fused-ring (bicyclic) bond motifs is 1. The van der Waals surface area contributed by atoms with Gasteiger partial charge in [0.2, 0.25) is 0 Å². The first-order chi connectivity index (χ1) is 16.1. The molecule has 0 unspecified atom stereocenters. The average molecular weight is 459 g/mol. The van der Waals surface area contributed by atoms with Gasteiger partial charge in [-0.2, -0.15) is 0 Å². The van der Waals surface area contributed by atoms with E-state index in [9.17, 15) is 4.79 Å². The zero-order valence-electron chi connectivity index (χ0n) is 18.5. The Hall–Kier alpha value is -3.08. The van der Waals surface area contributed by atoms with Crippen molar-refractivity contribution in [1.29, 1.82) is 0 Å². The molecule has 3 aromatic carbocycles. The third-order valence-corrected chi connectivity index (χ3v) is 6.68. The Kier molecular flexibility index (Phi) is 6.47. The lowest BCUT2D eigenvalue weighted by atomic mass is 9.88. The number of halogens is 1. The molecule has 5 heteroatoms. The summed E-state index contributed by atoms with van der Waals surface area (Å²) >= 11 is 6.00. The van der Waals surface area contributed by atoms with Gasteiger partial charge in [-0.3, -0.25) is 9.69 Å². The first kappa shape index (κ1) is 21.7. The van der Waals surface area contributed by atoms with E-state index < -0.39 is 0 Å².